The van der Waals surface area contributed by atoms with E-state index >= 15 is 0 Å². The van der Waals surface area contributed by atoms with Crippen LogP contribution in [0.25, 0.3) is 22.2 Å². The molecule has 0 saturated carbocycles. The van der Waals surface area contributed by atoms with E-state index in [9.17, 15) is 24.0 Å². The Balaban J connectivity index is 1.49. The third-order valence-electron chi connectivity index (χ3n) is 8.74. The standard InChI is InChI=1S/C36H40ClN5O8S/c1-19(43)39-24-9-6-20-16-30(48-2)32(49-3)33(50-4)31(20)22-8-10-25(29(44)18-23(22)24)40-26(12-15-51-5)34(45)38-13-14-42-28-11-7-21(37)17-27(28)41-35(46)36(42)47/h7-8,10-11,16-18,24,26H,6,9,12-15H2,1-5H3,(H,38,45)(H,39,43)(H,40,44)(H,41,46). The minimum absolute atomic E-state index is 0.0295. The van der Waals surface area contributed by atoms with Crippen molar-refractivity contribution in [1.82, 2.24) is 20.2 Å². The third kappa shape index (κ3) is 8.02. The van der Waals surface area contributed by atoms with Crippen molar-refractivity contribution in [2.24, 2.45) is 0 Å². The number of carbonyl (C=O) groups is 2. The van der Waals surface area contributed by atoms with Gasteiger partial charge in [0.05, 0.1) is 44.1 Å². The summed E-state index contributed by atoms with van der Waals surface area (Å²) in [6, 6.07) is 10.3. The van der Waals surface area contributed by atoms with E-state index in [-0.39, 0.29) is 36.0 Å². The summed E-state index contributed by atoms with van der Waals surface area (Å²) in [5.74, 6) is 1.29. The average molecular weight is 738 g/mol. The van der Waals surface area contributed by atoms with Crippen molar-refractivity contribution in [2.45, 2.75) is 44.8 Å². The fraction of sp³-hybridized carbons (Fsp3) is 0.361. The highest BCUT2D eigenvalue weighted by Crippen LogP contribution is 2.50. The number of aromatic nitrogens is 2. The van der Waals surface area contributed by atoms with Crippen LogP contribution in [0.15, 0.2) is 56.8 Å². The molecule has 0 saturated heterocycles. The van der Waals surface area contributed by atoms with E-state index in [0.29, 0.717) is 75.0 Å². The van der Waals surface area contributed by atoms with Crippen LogP contribution >= 0.6 is 23.4 Å². The maximum absolute atomic E-state index is 13.9. The Morgan fingerprint density at radius 2 is 1.80 bits per heavy atom. The number of aryl methyl sites for hydroxylation is 1. The maximum atomic E-state index is 13.9. The van der Waals surface area contributed by atoms with E-state index in [2.05, 4.69) is 20.9 Å². The summed E-state index contributed by atoms with van der Waals surface area (Å²) in [6.45, 7) is 1.50. The number of aromatic amines is 1. The number of halogens is 1. The summed E-state index contributed by atoms with van der Waals surface area (Å²) in [7, 11) is 4.59. The maximum Gasteiger partial charge on any atom is 0.316 e. The van der Waals surface area contributed by atoms with Gasteiger partial charge in [-0.25, -0.2) is 0 Å². The second-order valence-corrected chi connectivity index (χ2v) is 13.4. The highest BCUT2D eigenvalue weighted by atomic mass is 35.5. The monoisotopic (exact) mass is 737 g/mol. The second kappa shape index (κ2) is 16.4. The first-order valence-electron chi connectivity index (χ1n) is 16.2. The number of hydrogen-bond donors (Lipinski definition) is 4. The average Bonchev–Trinajstić information content (AvgIpc) is 3.35. The van der Waals surface area contributed by atoms with Crippen LogP contribution in [0.4, 0.5) is 5.69 Å². The van der Waals surface area contributed by atoms with Crippen LogP contribution in [0.2, 0.25) is 5.02 Å². The summed E-state index contributed by atoms with van der Waals surface area (Å²) in [6.07, 6.45) is 3.36. The fourth-order valence-electron chi connectivity index (χ4n) is 6.41. The van der Waals surface area contributed by atoms with E-state index in [1.165, 1.54) is 31.8 Å². The van der Waals surface area contributed by atoms with Crippen LogP contribution < -0.4 is 46.7 Å². The lowest BCUT2D eigenvalue weighted by molar-refractivity contribution is -0.122. The molecule has 4 N–H and O–H groups in total. The van der Waals surface area contributed by atoms with Gasteiger partial charge in [0.1, 0.15) is 6.04 Å². The van der Waals surface area contributed by atoms with Gasteiger partial charge in [-0.15, -0.1) is 0 Å². The van der Waals surface area contributed by atoms with E-state index in [1.807, 2.05) is 12.3 Å². The first kappa shape index (κ1) is 37.3. The largest absolute Gasteiger partial charge is 0.493 e. The minimum Gasteiger partial charge on any atom is -0.493 e. The number of thioether (sulfide) groups is 1. The summed E-state index contributed by atoms with van der Waals surface area (Å²) < 4.78 is 18.4. The summed E-state index contributed by atoms with van der Waals surface area (Å²) in [4.78, 5) is 67.4. The Hall–Kier alpha value is -4.95. The van der Waals surface area contributed by atoms with Gasteiger partial charge in [-0.3, -0.25) is 24.0 Å². The predicted molar refractivity (Wildman–Crippen MR) is 200 cm³/mol. The number of anilines is 1. The molecule has 1 aliphatic carbocycles. The lowest BCUT2D eigenvalue weighted by Crippen LogP contribution is -2.43. The van der Waals surface area contributed by atoms with Gasteiger partial charge in [-0.2, -0.15) is 11.8 Å². The zero-order chi connectivity index (χ0) is 36.8. The Morgan fingerprint density at radius 3 is 2.49 bits per heavy atom. The molecule has 2 amide bonds. The summed E-state index contributed by atoms with van der Waals surface area (Å²) >= 11 is 7.62. The number of nitrogens with zero attached hydrogens (tertiary/aromatic N) is 1. The van der Waals surface area contributed by atoms with Crippen LogP contribution in [0.1, 0.15) is 36.9 Å². The topological polar surface area (TPSA) is 170 Å². The molecule has 1 heterocycles. The van der Waals surface area contributed by atoms with Gasteiger partial charge < -0.3 is 39.7 Å². The highest BCUT2D eigenvalue weighted by Gasteiger charge is 2.30. The van der Waals surface area contributed by atoms with E-state index in [1.54, 1.807) is 49.2 Å². The van der Waals surface area contributed by atoms with Crippen LogP contribution in [-0.2, 0) is 22.6 Å². The first-order valence-corrected chi connectivity index (χ1v) is 18.0. The number of nitrogens with one attached hydrogen (secondary N) is 4. The molecule has 1 aromatic heterocycles. The third-order valence-corrected chi connectivity index (χ3v) is 9.62. The number of amides is 2. The van der Waals surface area contributed by atoms with Gasteiger partial charge in [0.25, 0.3) is 0 Å². The number of fused-ring (bicyclic) bond motifs is 4. The first-order chi connectivity index (χ1) is 24.5. The van der Waals surface area contributed by atoms with Crippen LogP contribution in [-0.4, -0.2) is 67.3 Å². The molecule has 0 aliphatic heterocycles. The zero-order valence-electron chi connectivity index (χ0n) is 28.9. The van der Waals surface area contributed by atoms with Crippen LogP contribution in [0.5, 0.6) is 17.2 Å². The van der Waals surface area contributed by atoms with Crippen molar-refractivity contribution in [2.75, 3.05) is 45.2 Å². The van der Waals surface area contributed by atoms with Gasteiger partial charge in [0, 0.05) is 30.6 Å². The van der Waals surface area contributed by atoms with Crippen molar-refractivity contribution < 1.29 is 23.8 Å². The number of rotatable bonds is 13. The highest BCUT2D eigenvalue weighted by molar-refractivity contribution is 7.98. The number of ether oxygens (including phenoxy) is 3. The predicted octanol–water partition coefficient (Wildman–Crippen LogP) is 3.87. The summed E-state index contributed by atoms with van der Waals surface area (Å²) in [5, 5.41) is 9.40. The lowest BCUT2D eigenvalue weighted by Gasteiger charge is -2.19. The van der Waals surface area contributed by atoms with Crippen molar-refractivity contribution in [3.05, 3.63) is 89.5 Å². The Labute approximate surface area is 303 Å². The fourth-order valence-corrected chi connectivity index (χ4v) is 7.05. The molecular weight excluding hydrogens is 698 g/mol. The molecule has 270 valence electrons. The summed E-state index contributed by atoms with van der Waals surface area (Å²) in [5.41, 5.74) is 1.96. The van der Waals surface area contributed by atoms with Gasteiger partial charge in [-0.05, 0) is 84.4 Å². The molecular formula is C36H40ClN5O8S. The molecule has 0 spiro atoms. The normalized spacial score (nSPS) is 14.0. The van der Waals surface area contributed by atoms with Crippen molar-refractivity contribution in [3.63, 3.8) is 0 Å². The Bertz CT molecular complexity index is 2150. The number of hydrogen-bond acceptors (Lipinski definition) is 10. The number of H-pyrrole nitrogens is 1. The minimum atomic E-state index is -0.809. The van der Waals surface area contributed by atoms with Crippen molar-refractivity contribution >= 4 is 51.9 Å². The molecule has 1 aliphatic rings. The van der Waals surface area contributed by atoms with Crippen LogP contribution in [0.3, 0.4) is 0 Å². The van der Waals surface area contributed by atoms with Gasteiger partial charge >= 0.3 is 11.1 Å². The molecule has 2 atom stereocenters. The SMILES string of the molecule is COc1cc2c(c(OC)c1OC)-c1ccc(NC(CCSC)C(=O)NCCn3c(=O)c(=O)[nH]c4cc(Cl)ccc43)c(=O)cc1C(NC(C)=O)CC2. The van der Waals surface area contributed by atoms with Crippen LogP contribution in [0, 0.1) is 0 Å². The number of methoxy groups -OCH3 is 3. The molecule has 0 fully saturated rings. The van der Waals surface area contributed by atoms with E-state index < -0.39 is 23.2 Å². The van der Waals surface area contributed by atoms with Gasteiger partial charge in [0.15, 0.2) is 11.5 Å². The van der Waals surface area contributed by atoms with Crippen molar-refractivity contribution in [1.29, 1.82) is 0 Å². The molecule has 4 aromatic rings. The Morgan fingerprint density at radius 1 is 1.04 bits per heavy atom. The molecule has 2 unspecified atom stereocenters. The van der Waals surface area contributed by atoms with E-state index in [4.69, 9.17) is 25.8 Å². The Kier molecular flexibility index (Phi) is 12.0. The van der Waals surface area contributed by atoms with E-state index in [0.717, 1.165) is 5.56 Å². The number of benzene rings is 2. The molecule has 0 radical (unpaired) electrons. The molecule has 3 aromatic carbocycles. The zero-order valence-corrected chi connectivity index (χ0v) is 30.5. The quantitative estimate of drug-likeness (QED) is 0.148. The lowest BCUT2D eigenvalue weighted by atomic mass is 9.95. The van der Waals surface area contributed by atoms with Gasteiger partial charge in [-0.1, -0.05) is 17.7 Å². The van der Waals surface area contributed by atoms with Gasteiger partial charge in [0.2, 0.25) is 23.0 Å². The molecule has 0 bridgehead atoms. The molecule has 51 heavy (non-hydrogen) atoms. The smallest absolute Gasteiger partial charge is 0.316 e. The molecule has 13 nitrogen and oxygen atoms in total. The molecule has 15 heteroatoms. The molecule has 5 rings (SSSR count). The van der Waals surface area contributed by atoms with Crippen molar-refractivity contribution in [3.8, 4) is 28.4 Å². The number of carbonyl (C=O) groups excluding carboxylic acids is 2. The second-order valence-electron chi connectivity index (χ2n) is 11.9.